The Kier molecular flexibility index (Phi) is 7.61. The largest absolute Gasteiger partial charge is 0.455 e. The van der Waals surface area contributed by atoms with Crippen LogP contribution in [0.1, 0.15) is 59.7 Å². The van der Waals surface area contributed by atoms with E-state index in [0.29, 0.717) is 40.0 Å². The van der Waals surface area contributed by atoms with Crippen molar-refractivity contribution in [3.63, 3.8) is 0 Å². The Bertz CT molecular complexity index is 1610. The second-order valence-electron chi connectivity index (χ2n) is 10.1. The van der Waals surface area contributed by atoms with E-state index in [2.05, 4.69) is 21.9 Å². The molecule has 3 aromatic carbocycles. The van der Waals surface area contributed by atoms with Crippen molar-refractivity contribution in [1.82, 2.24) is 10.6 Å². The first kappa shape index (κ1) is 27.0. The van der Waals surface area contributed by atoms with Crippen molar-refractivity contribution in [3.8, 4) is 34.8 Å². The Labute approximate surface area is 233 Å². The fourth-order valence-electron chi connectivity index (χ4n) is 5.45. The molecule has 0 spiro atoms. The molecule has 6 nitrogen and oxygen atoms in total. The molecule has 1 aliphatic rings. The van der Waals surface area contributed by atoms with Crippen molar-refractivity contribution in [1.29, 1.82) is 0 Å². The number of nitrogens with one attached hydrogen (secondary N) is 3. The monoisotopic (exact) mass is 537 g/mol. The molecule has 3 N–H and O–H groups in total. The van der Waals surface area contributed by atoms with Gasteiger partial charge in [-0.3, -0.25) is 9.59 Å². The third-order valence-electron chi connectivity index (χ3n) is 7.53. The van der Waals surface area contributed by atoms with E-state index in [1.54, 1.807) is 25.2 Å². The topological polar surface area (TPSA) is 83.4 Å². The van der Waals surface area contributed by atoms with Gasteiger partial charge in [0, 0.05) is 47.4 Å². The molecule has 204 valence electrons. The standard InChI is InChI=1S/C33H32FN3O3/c1-4-33(16-7-6-8-17-33)37-31(38)23-11-9-10-22(18-23)25-19-26-28(20-27(25)36-5-2)40-30(29(26)32(39)35-3)21-12-14-24(34)15-13-21/h1,9-15,18-20,36H,5-8,16-17H2,2-3H3,(H,35,39)(H,37,38). The second-order valence-corrected chi connectivity index (χ2v) is 10.1. The van der Waals surface area contributed by atoms with Crippen molar-refractivity contribution >= 4 is 28.5 Å². The summed E-state index contributed by atoms with van der Waals surface area (Å²) in [5, 5.41) is 9.80. The maximum atomic E-state index is 13.6. The summed E-state index contributed by atoms with van der Waals surface area (Å²) < 4.78 is 19.8. The number of hydrogen-bond acceptors (Lipinski definition) is 4. The van der Waals surface area contributed by atoms with Crippen LogP contribution in [0, 0.1) is 18.2 Å². The lowest BCUT2D eigenvalue weighted by Crippen LogP contribution is -2.48. The molecule has 0 radical (unpaired) electrons. The number of benzene rings is 3. The number of amides is 2. The average molecular weight is 538 g/mol. The van der Waals surface area contributed by atoms with E-state index >= 15 is 0 Å². The minimum atomic E-state index is -0.616. The van der Waals surface area contributed by atoms with E-state index in [1.807, 2.05) is 37.3 Å². The zero-order chi connectivity index (χ0) is 28.3. The fraction of sp³-hybridized carbons (Fsp3) is 0.273. The lowest BCUT2D eigenvalue weighted by molar-refractivity contribution is 0.0902. The van der Waals surface area contributed by atoms with Crippen LogP contribution in [0.2, 0.25) is 0 Å². The van der Waals surface area contributed by atoms with Crippen LogP contribution < -0.4 is 16.0 Å². The summed E-state index contributed by atoms with van der Waals surface area (Å²) in [7, 11) is 1.56. The predicted octanol–water partition coefficient (Wildman–Crippen LogP) is 6.76. The highest BCUT2D eigenvalue weighted by Crippen LogP contribution is 2.40. The average Bonchev–Trinajstić information content (AvgIpc) is 3.35. The summed E-state index contributed by atoms with van der Waals surface area (Å²) in [4.78, 5) is 26.4. The number of halogens is 1. The lowest BCUT2D eigenvalue weighted by Gasteiger charge is -2.33. The van der Waals surface area contributed by atoms with E-state index in [4.69, 9.17) is 10.8 Å². The fourth-order valence-corrected chi connectivity index (χ4v) is 5.45. The van der Waals surface area contributed by atoms with Crippen LogP contribution in [-0.2, 0) is 0 Å². The molecular weight excluding hydrogens is 505 g/mol. The number of fused-ring (bicyclic) bond motifs is 1. The van der Waals surface area contributed by atoms with Crippen molar-refractivity contribution in [3.05, 3.63) is 77.6 Å². The second kappa shape index (κ2) is 11.3. The summed E-state index contributed by atoms with van der Waals surface area (Å²) in [6, 6.07) is 17.0. The normalized spacial score (nSPS) is 14.3. The first-order valence-corrected chi connectivity index (χ1v) is 13.6. The number of terminal acetylenes is 1. The summed E-state index contributed by atoms with van der Waals surface area (Å²) >= 11 is 0. The van der Waals surface area contributed by atoms with Gasteiger partial charge in [-0.1, -0.05) is 37.3 Å². The number of furan rings is 1. The Balaban J connectivity index is 1.61. The van der Waals surface area contributed by atoms with Gasteiger partial charge in [0.25, 0.3) is 11.8 Å². The molecule has 2 amide bonds. The maximum Gasteiger partial charge on any atom is 0.255 e. The quantitative estimate of drug-likeness (QED) is 0.227. The SMILES string of the molecule is C#CC1(NC(=O)c2cccc(-c3cc4c(C(=O)NC)c(-c5ccc(F)cc5)oc4cc3NCC)c2)CCCCC1. The number of carbonyl (C=O) groups is 2. The summed E-state index contributed by atoms with van der Waals surface area (Å²) in [6.45, 7) is 2.64. The van der Waals surface area contributed by atoms with Crippen molar-refractivity contribution in [2.45, 2.75) is 44.6 Å². The maximum absolute atomic E-state index is 13.6. The number of carbonyl (C=O) groups excluding carboxylic acids is 2. The van der Waals surface area contributed by atoms with Gasteiger partial charge in [0.05, 0.1) is 5.56 Å². The van der Waals surface area contributed by atoms with E-state index in [9.17, 15) is 14.0 Å². The van der Waals surface area contributed by atoms with Gasteiger partial charge in [-0.2, -0.15) is 0 Å². The third-order valence-corrected chi connectivity index (χ3v) is 7.53. The Hall–Kier alpha value is -4.57. The lowest BCUT2D eigenvalue weighted by atomic mass is 9.82. The molecule has 1 fully saturated rings. The minimum Gasteiger partial charge on any atom is -0.455 e. The zero-order valence-corrected chi connectivity index (χ0v) is 22.7. The van der Waals surface area contributed by atoms with E-state index in [1.165, 1.54) is 12.1 Å². The van der Waals surface area contributed by atoms with Crippen molar-refractivity contribution in [2.24, 2.45) is 0 Å². The van der Waals surface area contributed by atoms with Gasteiger partial charge in [0.15, 0.2) is 0 Å². The highest BCUT2D eigenvalue weighted by Gasteiger charge is 2.32. The molecule has 4 aromatic rings. The zero-order valence-electron chi connectivity index (χ0n) is 22.7. The Morgan fingerprint density at radius 3 is 2.42 bits per heavy atom. The minimum absolute atomic E-state index is 0.208. The first-order chi connectivity index (χ1) is 19.4. The van der Waals surface area contributed by atoms with Gasteiger partial charge >= 0.3 is 0 Å². The molecule has 1 aliphatic carbocycles. The summed E-state index contributed by atoms with van der Waals surface area (Å²) in [5.74, 6) is 2.29. The Morgan fingerprint density at radius 1 is 1.00 bits per heavy atom. The van der Waals surface area contributed by atoms with Crippen LogP contribution >= 0.6 is 0 Å². The molecule has 1 saturated carbocycles. The van der Waals surface area contributed by atoms with Gasteiger partial charge in [-0.15, -0.1) is 6.42 Å². The molecule has 40 heavy (non-hydrogen) atoms. The molecule has 7 heteroatoms. The van der Waals surface area contributed by atoms with E-state index < -0.39 is 5.54 Å². The molecule has 1 heterocycles. The van der Waals surface area contributed by atoms with Crippen LogP contribution in [0.5, 0.6) is 0 Å². The molecule has 0 unspecified atom stereocenters. The third kappa shape index (κ3) is 5.17. The smallest absolute Gasteiger partial charge is 0.255 e. The van der Waals surface area contributed by atoms with Crippen LogP contribution in [0.15, 0.2) is 65.1 Å². The van der Waals surface area contributed by atoms with E-state index in [0.717, 1.165) is 48.9 Å². The van der Waals surface area contributed by atoms with Crippen LogP contribution in [0.3, 0.4) is 0 Å². The predicted molar refractivity (Wildman–Crippen MR) is 157 cm³/mol. The molecular formula is C33H32FN3O3. The van der Waals surface area contributed by atoms with Gasteiger partial charge in [0.2, 0.25) is 0 Å². The van der Waals surface area contributed by atoms with Gasteiger partial charge in [-0.05, 0) is 67.8 Å². The van der Waals surface area contributed by atoms with Gasteiger partial charge < -0.3 is 20.4 Å². The molecule has 5 rings (SSSR count). The highest BCUT2D eigenvalue weighted by molar-refractivity contribution is 6.13. The van der Waals surface area contributed by atoms with Crippen LogP contribution in [-0.4, -0.2) is 30.9 Å². The highest BCUT2D eigenvalue weighted by atomic mass is 19.1. The van der Waals surface area contributed by atoms with Crippen molar-refractivity contribution in [2.75, 3.05) is 18.9 Å². The number of hydrogen-bond donors (Lipinski definition) is 3. The molecule has 1 aromatic heterocycles. The number of anilines is 1. The van der Waals surface area contributed by atoms with Crippen LogP contribution in [0.25, 0.3) is 33.4 Å². The van der Waals surface area contributed by atoms with E-state index in [-0.39, 0.29) is 17.6 Å². The van der Waals surface area contributed by atoms with Gasteiger partial charge in [-0.25, -0.2) is 4.39 Å². The van der Waals surface area contributed by atoms with Crippen molar-refractivity contribution < 1.29 is 18.4 Å². The van der Waals surface area contributed by atoms with Gasteiger partial charge in [0.1, 0.15) is 22.7 Å². The summed E-state index contributed by atoms with van der Waals surface area (Å²) in [6.07, 6.45) is 10.5. The summed E-state index contributed by atoms with van der Waals surface area (Å²) in [5.41, 5.74) is 3.76. The molecule has 0 atom stereocenters. The molecule has 0 aliphatic heterocycles. The molecule has 0 saturated heterocycles. The first-order valence-electron chi connectivity index (χ1n) is 13.6. The molecule has 0 bridgehead atoms. The number of rotatable bonds is 7. The Morgan fingerprint density at radius 2 is 1.75 bits per heavy atom. The van der Waals surface area contributed by atoms with Crippen LogP contribution in [0.4, 0.5) is 10.1 Å².